The second-order valence-electron chi connectivity index (χ2n) is 6.91. The quantitative estimate of drug-likeness (QED) is 0.603. The number of methoxy groups -OCH3 is 1. The van der Waals surface area contributed by atoms with Crippen molar-refractivity contribution in [2.24, 2.45) is 0 Å². The summed E-state index contributed by atoms with van der Waals surface area (Å²) >= 11 is 6.33. The number of nitrogens with one attached hydrogen (secondary N) is 1. The van der Waals surface area contributed by atoms with E-state index in [0.29, 0.717) is 22.1 Å². The highest BCUT2D eigenvalue weighted by Crippen LogP contribution is 2.37. The van der Waals surface area contributed by atoms with Crippen molar-refractivity contribution < 1.29 is 14.3 Å². The lowest BCUT2D eigenvalue weighted by atomic mass is 10.1. The summed E-state index contributed by atoms with van der Waals surface area (Å²) in [7, 11) is 1.52. The van der Waals surface area contributed by atoms with Crippen LogP contribution in [0.3, 0.4) is 0 Å². The Balaban J connectivity index is 1.74. The third kappa shape index (κ3) is 4.90. The van der Waals surface area contributed by atoms with Gasteiger partial charge in [-0.15, -0.1) is 0 Å². The van der Waals surface area contributed by atoms with Crippen LogP contribution in [-0.2, 0) is 0 Å². The molecule has 152 valence electrons. The molecule has 0 fully saturated rings. The summed E-state index contributed by atoms with van der Waals surface area (Å²) in [6, 6.07) is 11.0. The van der Waals surface area contributed by atoms with Crippen molar-refractivity contribution in [3.05, 3.63) is 71.3 Å². The number of amides is 1. The van der Waals surface area contributed by atoms with Crippen molar-refractivity contribution in [1.29, 1.82) is 0 Å². The Morgan fingerprint density at radius 3 is 2.48 bits per heavy atom. The van der Waals surface area contributed by atoms with Crippen molar-refractivity contribution in [2.45, 2.75) is 32.9 Å². The van der Waals surface area contributed by atoms with E-state index < -0.39 is 0 Å². The molecule has 1 aromatic heterocycles. The largest absolute Gasteiger partial charge is 0.493 e. The van der Waals surface area contributed by atoms with E-state index in [1.807, 2.05) is 55.8 Å². The highest BCUT2D eigenvalue weighted by atomic mass is 35.5. The molecule has 1 heterocycles. The van der Waals surface area contributed by atoms with Gasteiger partial charge in [-0.05, 0) is 50.6 Å². The number of rotatable bonds is 7. The molecule has 0 aliphatic carbocycles. The molecule has 0 saturated heterocycles. The van der Waals surface area contributed by atoms with Crippen molar-refractivity contribution in [3.8, 4) is 17.2 Å². The lowest BCUT2D eigenvalue weighted by Gasteiger charge is -2.18. The van der Waals surface area contributed by atoms with Gasteiger partial charge in [0, 0.05) is 23.6 Å². The summed E-state index contributed by atoms with van der Waals surface area (Å²) in [6.45, 7) is 5.73. The molecule has 1 unspecified atom stereocenters. The number of carbonyl (C=O) groups is 1. The van der Waals surface area contributed by atoms with E-state index in [4.69, 9.17) is 21.1 Å². The molecule has 1 N–H and O–H groups in total. The molecule has 3 rings (SSSR count). The number of aromatic nitrogens is 2. The smallest absolute Gasteiger partial charge is 0.251 e. The maximum absolute atomic E-state index is 12.8. The summed E-state index contributed by atoms with van der Waals surface area (Å²) in [4.78, 5) is 16.8. The van der Waals surface area contributed by atoms with Gasteiger partial charge in [-0.3, -0.25) is 4.79 Å². The second kappa shape index (κ2) is 9.01. The van der Waals surface area contributed by atoms with E-state index in [1.165, 1.54) is 7.11 Å². The molecule has 6 nitrogen and oxygen atoms in total. The molecular formula is C22H24ClN3O3. The average Bonchev–Trinajstić information content (AvgIpc) is 3.24. The van der Waals surface area contributed by atoms with Gasteiger partial charge >= 0.3 is 0 Å². The van der Waals surface area contributed by atoms with E-state index >= 15 is 0 Å². The first-order valence-electron chi connectivity index (χ1n) is 9.32. The van der Waals surface area contributed by atoms with Crippen LogP contribution in [0.15, 0.2) is 55.1 Å². The summed E-state index contributed by atoms with van der Waals surface area (Å²) in [6.07, 6.45) is 5.29. The monoisotopic (exact) mass is 413 g/mol. The fraction of sp³-hybridized carbons (Fsp3) is 0.273. The zero-order valence-corrected chi connectivity index (χ0v) is 17.6. The fourth-order valence-corrected chi connectivity index (χ4v) is 3.17. The standard InChI is InChI=1S/C22H24ClN3O3/c1-14(2)29-21-19(23)11-17(12-20(21)28-4)22(27)25-15(3)16-5-7-18(8-6-16)26-10-9-24-13-26/h5-15H,1-4H3,(H,25,27). The Labute approximate surface area is 175 Å². The zero-order chi connectivity index (χ0) is 21.0. The summed E-state index contributed by atoms with van der Waals surface area (Å²) in [5.41, 5.74) is 2.40. The predicted molar refractivity (Wildman–Crippen MR) is 113 cm³/mol. The Hall–Kier alpha value is -2.99. The van der Waals surface area contributed by atoms with Gasteiger partial charge in [0.2, 0.25) is 0 Å². The van der Waals surface area contributed by atoms with E-state index in [0.717, 1.165) is 11.3 Å². The van der Waals surface area contributed by atoms with E-state index in [9.17, 15) is 4.79 Å². The number of benzene rings is 2. The topological polar surface area (TPSA) is 65.4 Å². The molecule has 29 heavy (non-hydrogen) atoms. The second-order valence-corrected chi connectivity index (χ2v) is 7.32. The van der Waals surface area contributed by atoms with Crippen LogP contribution in [0.2, 0.25) is 5.02 Å². The lowest BCUT2D eigenvalue weighted by molar-refractivity contribution is 0.0939. The third-order valence-electron chi connectivity index (χ3n) is 4.39. The first-order valence-corrected chi connectivity index (χ1v) is 9.70. The molecule has 7 heteroatoms. The van der Waals surface area contributed by atoms with Gasteiger partial charge in [-0.1, -0.05) is 23.7 Å². The molecule has 0 radical (unpaired) electrons. The van der Waals surface area contributed by atoms with Crippen LogP contribution in [-0.4, -0.2) is 28.7 Å². The molecule has 0 aliphatic heterocycles. The number of imidazole rings is 1. The maximum atomic E-state index is 12.8. The van der Waals surface area contributed by atoms with Crippen LogP contribution in [0.25, 0.3) is 5.69 Å². The van der Waals surface area contributed by atoms with Crippen LogP contribution in [0.5, 0.6) is 11.5 Å². The summed E-state index contributed by atoms with van der Waals surface area (Å²) in [5.74, 6) is 0.616. The van der Waals surface area contributed by atoms with Gasteiger partial charge in [-0.2, -0.15) is 0 Å². The van der Waals surface area contributed by atoms with Crippen LogP contribution in [0.4, 0.5) is 0 Å². The minimum atomic E-state index is -0.243. The predicted octanol–water partition coefficient (Wildman–Crippen LogP) is 4.81. The summed E-state index contributed by atoms with van der Waals surface area (Å²) < 4.78 is 13.0. The molecule has 1 amide bonds. The van der Waals surface area contributed by atoms with Gasteiger partial charge < -0.3 is 19.4 Å². The molecule has 2 aromatic carbocycles. The minimum Gasteiger partial charge on any atom is -0.493 e. The molecule has 0 bridgehead atoms. The molecule has 0 saturated carbocycles. The van der Waals surface area contributed by atoms with Crippen LogP contribution in [0, 0.1) is 0 Å². The number of carbonyl (C=O) groups excluding carboxylic acids is 1. The van der Waals surface area contributed by atoms with Crippen molar-refractivity contribution >= 4 is 17.5 Å². The van der Waals surface area contributed by atoms with Gasteiger partial charge in [0.15, 0.2) is 11.5 Å². The van der Waals surface area contributed by atoms with Crippen LogP contribution >= 0.6 is 11.6 Å². The molecule has 0 aliphatic rings. The Morgan fingerprint density at radius 2 is 1.90 bits per heavy atom. The van der Waals surface area contributed by atoms with Gasteiger partial charge in [0.1, 0.15) is 0 Å². The van der Waals surface area contributed by atoms with Crippen molar-refractivity contribution in [1.82, 2.24) is 14.9 Å². The normalized spacial score (nSPS) is 11.9. The molecular weight excluding hydrogens is 390 g/mol. The number of nitrogens with zero attached hydrogens (tertiary/aromatic N) is 2. The maximum Gasteiger partial charge on any atom is 0.251 e. The van der Waals surface area contributed by atoms with E-state index in [1.54, 1.807) is 24.7 Å². The molecule has 0 spiro atoms. The Kier molecular flexibility index (Phi) is 6.44. The molecule has 3 aromatic rings. The van der Waals surface area contributed by atoms with Crippen molar-refractivity contribution in [2.75, 3.05) is 7.11 Å². The zero-order valence-electron chi connectivity index (χ0n) is 16.8. The lowest BCUT2D eigenvalue weighted by Crippen LogP contribution is -2.26. The van der Waals surface area contributed by atoms with Gasteiger partial charge in [0.25, 0.3) is 5.91 Å². The Morgan fingerprint density at radius 1 is 1.17 bits per heavy atom. The van der Waals surface area contributed by atoms with Crippen LogP contribution < -0.4 is 14.8 Å². The molecule has 1 atom stereocenters. The van der Waals surface area contributed by atoms with Gasteiger partial charge in [-0.25, -0.2) is 4.98 Å². The number of hydrogen-bond donors (Lipinski definition) is 1. The minimum absolute atomic E-state index is 0.0635. The third-order valence-corrected chi connectivity index (χ3v) is 4.67. The first kappa shape index (κ1) is 20.7. The SMILES string of the molecule is COc1cc(C(=O)NC(C)c2ccc(-n3ccnc3)cc2)cc(Cl)c1OC(C)C. The highest BCUT2D eigenvalue weighted by Gasteiger charge is 2.18. The van der Waals surface area contributed by atoms with E-state index in [-0.39, 0.29) is 18.1 Å². The van der Waals surface area contributed by atoms with Crippen LogP contribution in [0.1, 0.15) is 42.7 Å². The Bertz CT molecular complexity index is 970. The highest BCUT2D eigenvalue weighted by molar-refractivity contribution is 6.32. The fourth-order valence-electron chi connectivity index (χ4n) is 2.91. The van der Waals surface area contributed by atoms with Crippen molar-refractivity contribution in [3.63, 3.8) is 0 Å². The van der Waals surface area contributed by atoms with E-state index in [2.05, 4.69) is 10.3 Å². The number of hydrogen-bond acceptors (Lipinski definition) is 4. The number of ether oxygens (including phenoxy) is 2. The average molecular weight is 414 g/mol. The summed E-state index contributed by atoms with van der Waals surface area (Å²) in [5, 5.41) is 3.33. The number of halogens is 1. The van der Waals surface area contributed by atoms with Gasteiger partial charge in [0.05, 0.1) is 30.6 Å². The first-order chi connectivity index (χ1) is 13.9.